The van der Waals surface area contributed by atoms with E-state index < -0.39 is 0 Å². The van der Waals surface area contributed by atoms with E-state index in [4.69, 9.17) is 0 Å². The Labute approximate surface area is 133 Å². The maximum absolute atomic E-state index is 12.6. The number of carbonyl (C=O) groups is 1. The van der Waals surface area contributed by atoms with E-state index in [0.717, 1.165) is 30.0 Å². The van der Waals surface area contributed by atoms with E-state index in [2.05, 4.69) is 10.2 Å². The molecule has 0 radical (unpaired) electrons. The van der Waals surface area contributed by atoms with Gasteiger partial charge in [0.1, 0.15) is 0 Å². The SMILES string of the molecule is Cc1ccccc1C(=O)NC1C[C@H]2CCC[C@H](C1)N2C1CC1. The van der Waals surface area contributed by atoms with Gasteiger partial charge in [-0.1, -0.05) is 24.6 Å². The molecule has 3 nitrogen and oxygen atoms in total. The zero-order valence-electron chi connectivity index (χ0n) is 13.4. The fraction of sp³-hybridized carbons (Fsp3) is 0.632. The van der Waals surface area contributed by atoms with Gasteiger partial charge in [0, 0.05) is 29.7 Å². The molecule has 2 atom stereocenters. The maximum atomic E-state index is 12.6. The first-order chi connectivity index (χ1) is 10.7. The summed E-state index contributed by atoms with van der Waals surface area (Å²) in [5, 5.41) is 3.32. The van der Waals surface area contributed by atoms with Crippen molar-refractivity contribution in [3.63, 3.8) is 0 Å². The molecule has 0 spiro atoms. The molecule has 3 fully saturated rings. The number of carbonyl (C=O) groups excluding carboxylic acids is 1. The molecule has 22 heavy (non-hydrogen) atoms. The highest BCUT2D eigenvalue weighted by Gasteiger charge is 2.45. The number of piperidine rings is 2. The van der Waals surface area contributed by atoms with Crippen LogP contribution < -0.4 is 5.32 Å². The average Bonchev–Trinajstić information content (AvgIpc) is 3.31. The number of aryl methyl sites for hydroxylation is 1. The summed E-state index contributed by atoms with van der Waals surface area (Å²) in [6.07, 6.45) is 9.10. The second kappa shape index (κ2) is 5.69. The lowest BCUT2D eigenvalue weighted by molar-refractivity contribution is 0.0175. The van der Waals surface area contributed by atoms with Crippen LogP contribution in [0, 0.1) is 6.92 Å². The van der Waals surface area contributed by atoms with Gasteiger partial charge in [0.05, 0.1) is 0 Å². The lowest BCUT2D eigenvalue weighted by Gasteiger charge is -2.49. The third-order valence-corrected chi connectivity index (χ3v) is 5.72. The van der Waals surface area contributed by atoms with Gasteiger partial charge in [-0.25, -0.2) is 0 Å². The molecule has 2 aliphatic heterocycles. The van der Waals surface area contributed by atoms with Crippen molar-refractivity contribution in [2.75, 3.05) is 0 Å². The number of fused-ring (bicyclic) bond motifs is 2. The van der Waals surface area contributed by atoms with Crippen molar-refractivity contribution in [2.24, 2.45) is 0 Å². The summed E-state index contributed by atoms with van der Waals surface area (Å²) >= 11 is 0. The molecule has 0 unspecified atom stereocenters. The minimum Gasteiger partial charge on any atom is -0.349 e. The van der Waals surface area contributed by atoms with Crippen LogP contribution in [-0.2, 0) is 0 Å². The summed E-state index contributed by atoms with van der Waals surface area (Å²) in [5.41, 5.74) is 1.90. The van der Waals surface area contributed by atoms with E-state index in [-0.39, 0.29) is 5.91 Å². The van der Waals surface area contributed by atoms with Crippen LogP contribution in [0.3, 0.4) is 0 Å². The zero-order valence-corrected chi connectivity index (χ0v) is 13.4. The lowest BCUT2D eigenvalue weighted by Crippen LogP contribution is -2.57. The van der Waals surface area contributed by atoms with E-state index >= 15 is 0 Å². The zero-order chi connectivity index (χ0) is 15.1. The van der Waals surface area contributed by atoms with Gasteiger partial charge < -0.3 is 5.32 Å². The number of nitrogens with one attached hydrogen (secondary N) is 1. The van der Waals surface area contributed by atoms with Crippen molar-refractivity contribution >= 4 is 5.91 Å². The van der Waals surface area contributed by atoms with Crippen LogP contribution >= 0.6 is 0 Å². The van der Waals surface area contributed by atoms with Crippen molar-refractivity contribution in [3.8, 4) is 0 Å². The summed E-state index contributed by atoms with van der Waals surface area (Å²) < 4.78 is 0. The van der Waals surface area contributed by atoms with Gasteiger partial charge in [-0.3, -0.25) is 9.69 Å². The van der Waals surface area contributed by atoms with Crippen LogP contribution in [0.1, 0.15) is 60.9 Å². The van der Waals surface area contributed by atoms with Gasteiger partial charge in [0.15, 0.2) is 0 Å². The quantitative estimate of drug-likeness (QED) is 0.929. The Morgan fingerprint density at radius 3 is 2.36 bits per heavy atom. The number of hydrogen-bond acceptors (Lipinski definition) is 2. The molecule has 0 aromatic heterocycles. The second-order valence-electron chi connectivity index (χ2n) is 7.37. The highest BCUT2D eigenvalue weighted by molar-refractivity contribution is 5.95. The molecule has 1 amide bonds. The third-order valence-electron chi connectivity index (χ3n) is 5.72. The Balaban J connectivity index is 1.44. The predicted octanol–water partition coefficient (Wildman–Crippen LogP) is 3.27. The molecule has 3 heteroatoms. The largest absolute Gasteiger partial charge is 0.349 e. The van der Waals surface area contributed by atoms with Gasteiger partial charge >= 0.3 is 0 Å². The van der Waals surface area contributed by atoms with E-state index in [1.807, 2.05) is 31.2 Å². The van der Waals surface area contributed by atoms with Crippen LogP contribution in [0.15, 0.2) is 24.3 Å². The number of benzene rings is 1. The van der Waals surface area contributed by atoms with Crippen molar-refractivity contribution < 1.29 is 4.79 Å². The first kappa shape index (κ1) is 14.3. The molecular weight excluding hydrogens is 272 g/mol. The Morgan fingerprint density at radius 2 is 1.73 bits per heavy atom. The smallest absolute Gasteiger partial charge is 0.251 e. The van der Waals surface area contributed by atoms with E-state index in [1.54, 1.807) is 0 Å². The molecule has 1 aliphatic carbocycles. The van der Waals surface area contributed by atoms with E-state index in [0.29, 0.717) is 18.1 Å². The van der Waals surface area contributed by atoms with E-state index in [1.165, 1.54) is 32.1 Å². The molecule has 2 saturated heterocycles. The molecule has 1 N–H and O–H groups in total. The van der Waals surface area contributed by atoms with Gasteiger partial charge in [-0.05, 0) is 57.1 Å². The third kappa shape index (κ3) is 2.67. The maximum Gasteiger partial charge on any atom is 0.251 e. The molecule has 4 rings (SSSR count). The molecule has 118 valence electrons. The first-order valence-corrected chi connectivity index (χ1v) is 8.86. The van der Waals surface area contributed by atoms with E-state index in [9.17, 15) is 4.79 Å². The molecule has 1 aromatic carbocycles. The van der Waals surface area contributed by atoms with Crippen LogP contribution in [0.25, 0.3) is 0 Å². The van der Waals surface area contributed by atoms with Crippen molar-refractivity contribution in [3.05, 3.63) is 35.4 Å². The Morgan fingerprint density at radius 1 is 1.05 bits per heavy atom. The fourth-order valence-corrected chi connectivity index (χ4v) is 4.60. The van der Waals surface area contributed by atoms with Gasteiger partial charge in [-0.2, -0.15) is 0 Å². The Hall–Kier alpha value is -1.35. The van der Waals surface area contributed by atoms with Crippen molar-refractivity contribution in [2.45, 2.75) is 76.0 Å². The highest BCUT2D eigenvalue weighted by atomic mass is 16.1. The number of rotatable bonds is 3. The standard InChI is InChI=1S/C19H26N2O/c1-13-5-2-3-8-18(13)19(22)20-14-11-16-6-4-7-17(12-14)21(16)15-9-10-15/h2-3,5,8,14-17H,4,6-7,9-12H2,1H3,(H,20,22)/t16-,17-/m1/s1. The lowest BCUT2D eigenvalue weighted by atomic mass is 9.81. The average molecular weight is 298 g/mol. The highest BCUT2D eigenvalue weighted by Crippen LogP contribution is 2.41. The predicted molar refractivity (Wildman–Crippen MR) is 88.0 cm³/mol. The van der Waals surface area contributed by atoms with Gasteiger partial charge in [-0.15, -0.1) is 0 Å². The summed E-state index contributed by atoms with van der Waals surface area (Å²) in [6, 6.07) is 10.5. The molecule has 2 bridgehead atoms. The van der Waals surface area contributed by atoms with Gasteiger partial charge in [0.2, 0.25) is 0 Å². The molecule has 1 aromatic rings. The first-order valence-electron chi connectivity index (χ1n) is 8.86. The van der Waals surface area contributed by atoms with Crippen LogP contribution in [0.2, 0.25) is 0 Å². The number of amides is 1. The molecule has 3 aliphatic rings. The number of hydrogen-bond donors (Lipinski definition) is 1. The summed E-state index contributed by atoms with van der Waals surface area (Å²) in [6.45, 7) is 2.01. The fourth-order valence-electron chi connectivity index (χ4n) is 4.60. The molecule has 1 saturated carbocycles. The molecule has 2 heterocycles. The second-order valence-corrected chi connectivity index (χ2v) is 7.37. The molecular formula is C19H26N2O. The van der Waals surface area contributed by atoms with Crippen molar-refractivity contribution in [1.82, 2.24) is 10.2 Å². The summed E-state index contributed by atoms with van der Waals surface area (Å²) in [5.74, 6) is 0.112. The summed E-state index contributed by atoms with van der Waals surface area (Å²) in [7, 11) is 0. The number of nitrogens with zero attached hydrogens (tertiary/aromatic N) is 1. The van der Waals surface area contributed by atoms with Crippen molar-refractivity contribution in [1.29, 1.82) is 0 Å². The monoisotopic (exact) mass is 298 g/mol. The van der Waals surface area contributed by atoms with Gasteiger partial charge in [0.25, 0.3) is 5.91 Å². The minimum absolute atomic E-state index is 0.112. The summed E-state index contributed by atoms with van der Waals surface area (Å²) in [4.78, 5) is 15.4. The Bertz CT molecular complexity index is 552. The topological polar surface area (TPSA) is 32.3 Å². The minimum atomic E-state index is 0.112. The Kier molecular flexibility index (Phi) is 3.69. The normalized spacial score (nSPS) is 31.8. The van der Waals surface area contributed by atoms with Crippen LogP contribution in [0.5, 0.6) is 0 Å². The van der Waals surface area contributed by atoms with Crippen LogP contribution in [-0.4, -0.2) is 35.0 Å². The van der Waals surface area contributed by atoms with Crippen LogP contribution in [0.4, 0.5) is 0 Å².